The molecule has 0 atom stereocenters. The lowest BCUT2D eigenvalue weighted by Gasteiger charge is -2.20. The first-order valence-corrected chi connectivity index (χ1v) is 8.98. The van der Waals surface area contributed by atoms with E-state index >= 15 is 0 Å². The molecule has 0 spiro atoms. The molecule has 0 aliphatic carbocycles. The second-order valence-electron chi connectivity index (χ2n) is 7.39. The van der Waals surface area contributed by atoms with Crippen LogP contribution in [-0.4, -0.2) is 48.8 Å². The molecule has 0 aliphatic heterocycles. The van der Waals surface area contributed by atoms with Crippen LogP contribution in [0.4, 0.5) is 0 Å². The SMILES string of the molecule is CC(C)(C)n1nnnc1CS(=O)(=O)Cc1nnnn1C(C)(C)C. The number of aromatic nitrogens is 8. The van der Waals surface area contributed by atoms with E-state index in [9.17, 15) is 8.42 Å². The Morgan fingerprint density at radius 1 is 0.783 bits per heavy atom. The van der Waals surface area contributed by atoms with Gasteiger partial charge in [-0.25, -0.2) is 17.8 Å². The summed E-state index contributed by atoms with van der Waals surface area (Å²) < 4.78 is 28.0. The van der Waals surface area contributed by atoms with Gasteiger partial charge in [0.15, 0.2) is 21.5 Å². The molecule has 128 valence electrons. The lowest BCUT2D eigenvalue weighted by Crippen LogP contribution is -2.28. The molecule has 0 fully saturated rings. The quantitative estimate of drug-likeness (QED) is 0.777. The van der Waals surface area contributed by atoms with Crippen molar-refractivity contribution in [2.75, 3.05) is 0 Å². The van der Waals surface area contributed by atoms with Crippen LogP contribution in [0.15, 0.2) is 0 Å². The van der Waals surface area contributed by atoms with Gasteiger partial charge in [0.2, 0.25) is 0 Å². The van der Waals surface area contributed by atoms with E-state index < -0.39 is 20.9 Å². The molecule has 2 rings (SSSR count). The summed E-state index contributed by atoms with van der Waals surface area (Å²) in [6.07, 6.45) is 0. The van der Waals surface area contributed by atoms with Crippen molar-refractivity contribution in [2.45, 2.75) is 64.1 Å². The van der Waals surface area contributed by atoms with Crippen molar-refractivity contribution < 1.29 is 8.42 Å². The lowest BCUT2D eigenvalue weighted by molar-refractivity contribution is 0.337. The minimum Gasteiger partial charge on any atom is -0.228 e. The molecular weight excluding hydrogens is 320 g/mol. The van der Waals surface area contributed by atoms with Gasteiger partial charge >= 0.3 is 0 Å². The molecule has 0 saturated carbocycles. The van der Waals surface area contributed by atoms with Gasteiger partial charge in [0.1, 0.15) is 11.5 Å². The zero-order valence-corrected chi connectivity index (χ0v) is 15.0. The van der Waals surface area contributed by atoms with Crippen molar-refractivity contribution in [1.29, 1.82) is 0 Å². The van der Waals surface area contributed by atoms with Gasteiger partial charge in [-0.05, 0) is 62.4 Å². The van der Waals surface area contributed by atoms with E-state index in [0.717, 1.165) is 0 Å². The van der Waals surface area contributed by atoms with Crippen LogP contribution in [0.3, 0.4) is 0 Å². The third kappa shape index (κ3) is 4.09. The molecule has 0 aromatic carbocycles. The highest BCUT2D eigenvalue weighted by atomic mass is 32.2. The van der Waals surface area contributed by atoms with Gasteiger partial charge in [-0.2, -0.15) is 0 Å². The highest BCUT2D eigenvalue weighted by Gasteiger charge is 2.27. The van der Waals surface area contributed by atoms with Crippen molar-refractivity contribution in [3.05, 3.63) is 11.6 Å². The van der Waals surface area contributed by atoms with Gasteiger partial charge in [0.05, 0.1) is 11.1 Å². The summed E-state index contributed by atoms with van der Waals surface area (Å²) in [4.78, 5) is 0. The Balaban J connectivity index is 2.25. The number of hydrogen-bond donors (Lipinski definition) is 0. The molecule has 2 aromatic heterocycles. The molecule has 0 unspecified atom stereocenters. The Kier molecular flexibility index (Phi) is 4.26. The van der Waals surface area contributed by atoms with Crippen LogP contribution in [-0.2, 0) is 32.4 Å². The summed E-state index contributed by atoms with van der Waals surface area (Å²) in [5.74, 6) is 0.0577. The fourth-order valence-electron chi connectivity index (χ4n) is 2.08. The van der Waals surface area contributed by atoms with Crippen molar-refractivity contribution in [3.8, 4) is 0 Å². The molecule has 2 aromatic rings. The average Bonchev–Trinajstić information content (AvgIpc) is 2.94. The van der Waals surface area contributed by atoms with Gasteiger partial charge in [0.25, 0.3) is 0 Å². The van der Waals surface area contributed by atoms with Crippen molar-refractivity contribution in [3.63, 3.8) is 0 Å². The summed E-state index contributed by atoms with van der Waals surface area (Å²) in [7, 11) is -3.52. The summed E-state index contributed by atoms with van der Waals surface area (Å²) in [5, 5.41) is 22.6. The van der Waals surface area contributed by atoms with Crippen LogP contribution in [0.1, 0.15) is 53.2 Å². The minimum absolute atomic E-state index is 0.270. The van der Waals surface area contributed by atoms with Crippen molar-refractivity contribution in [2.24, 2.45) is 0 Å². The average molecular weight is 342 g/mol. The molecule has 2 heterocycles. The lowest BCUT2D eigenvalue weighted by atomic mass is 10.1. The van der Waals surface area contributed by atoms with Crippen LogP contribution in [0.25, 0.3) is 0 Å². The number of rotatable bonds is 4. The molecule has 0 aliphatic rings. The fourth-order valence-corrected chi connectivity index (χ4v) is 3.33. The first kappa shape index (κ1) is 17.4. The first-order chi connectivity index (χ1) is 10.4. The standard InChI is InChI=1S/C12H22N8O2S/c1-11(2,3)19-9(13-15-17-19)7-23(21,22)8-10-14-16-18-20(10)12(4,5)6/h7-8H2,1-6H3. The molecule has 0 radical (unpaired) electrons. The maximum atomic E-state index is 12.5. The Morgan fingerprint density at radius 3 is 1.43 bits per heavy atom. The predicted octanol–water partition coefficient (Wildman–Crippen LogP) is 0.285. The van der Waals surface area contributed by atoms with E-state index in [2.05, 4.69) is 31.1 Å². The molecule has 23 heavy (non-hydrogen) atoms. The summed E-state index contributed by atoms with van der Waals surface area (Å²) in [5.41, 5.74) is -0.803. The van der Waals surface area contributed by atoms with Gasteiger partial charge < -0.3 is 0 Å². The zero-order valence-electron chi connectivity index (χ0n) is 14.2. The number of hydrogen-bond acceptors (Lipinski definition) is 8. The minimum atomic E-state index is -3.52. The second kappa shape index (κ2) is 5.62. The van der Waals surface area contributed by atoms with E-state index in [4.69, 9.17) is 0 Å². The third-order valence-electron chi connectivity index (χ3n) is 3.04. The van der Waals surface area contributed by atoms with E-state index in [-0.39, 0.29) is 11.5 Å². The van der Waals surface area contributed by atoms with Crippen molar-refractivity contribution >= 4 is 9.84 Å². The normalized spacial score (nSPS) is 13.5. The molecule has 0 N–H and O–H groups in total. The predicted molar refractivity (Wildman–Crippen MR) is 82.0 cm³/mol. The van der Waals surface area contributed by atoms with E-state index in [1.54, 1.807) is 0 Å². The topological polar surface area (TPSA) is 121 Å². The van der Waals surface area contributed by atoms with Gasteiger partial charge in [0, 0.05) is 0 Å². The molecule has 0 bridgehead atoms. The van der Waals surface area contributed by atoms with E-state index in [1.807, 2.05) is 41.5 Å². The third-order valence-corrected chi connectivity index (χ3v) is 4.43. The molecular formula is C12H22N8O2S. The molecule has 0 saturated heterocycles. The van der Waals surface area contributed by atoms with E-state index in [1.165, 1.54) is 9.36 Å². The Labute approximate surface area is 135 Å². The van der Waals surface area contributed by atoms with Gasteiger partial charge in [-0.15, -0.1) is 10.2 Å². The number of sulfone groups is 1. The Morgan fingerprint density at radius 2 is 1.13 bits per heavy atom. The highest BCUT2D eigenvalue weighted by molar-refractivity contribution is 7.89. The van der Waals surface area contributed by atoms with Crippen LogP contribution < -0.4 is 0 Å². The van der Waals surface area contributed by atoms with Gasteiger partial charge in [-0.3, -0.25) is 0 Å². The molecule has 10 nitrogen and oxygen atoms in total. The van der Waals surface area contributed by atoms with Crippen LogP contribution in [0.5, 0.6) is 0 Å². The van der Waals surface area contributed by atoms with Crippen LogP contribution >= 0.6 is 0 Å². The zero-order chi connectivity index (χ0) is 17.5. The van der Waals surface area contributed by atoms with Crippen molar-refractivity contribution in [1.82, 2.24) is 40.4 Å². The Hall–Kier alpha value is -1.91. The number of tetrazole rings is 2. The summed E-state index contributed by atoms with van der Waals surface area (Å²) in [6.45, 7) is 11.4. The molecule has 11 heteroatoms. The van der Waals surface area contributed by atoms with Crippen LogP contribution in [0, 0.1) is 0 Å². The largest absolute Gasteiger partial charge is 0.228 e. The Bertz CT molecular complexity index is 718. The monoisotopic (exact) mass is 342 g/mol. The maximum absolute atomic E-state index is 12.5. The number of nitrogens with zero attached hydrogens (tertiary/aromatic N) is 8. The maximum Gasteiger partial charge on any atom is 0.166 e. The van der Waals surface area contributed by atoms with Crippen LogP contribution in [0.2, 0.25) is 0 Å². The smallest absolute Gasteiger partial charge is 0.166 e. The first-order valence-electron chi connectivity index (χ1n) is 7.16. The fraction of sp³-hybridized carbons (Fsp3) is 0.833. The summed E-state index contributed by atoms with van der Waals surface area (Å²) >= 11 is 0. The van der Waals surface area contributed by atoms with Gasteiger partial charge in [-0.1, -0.05) is 0 Å². The summed E-state index contributed by atoms with van der Waals surface area (Å²) in [6, 6.07) is 0. The highest BCUT2D eigenvalue weighted by Crippen LogP contribution is 2.18. The van der Waals surface area contributed by atoms with E-state index in [0.29, 0.717) is 11.6 Å². The second-order valence-corrected chi connectivity index (χ2v) is 9.45. The molecule has 0 amide bonds.